The number of aromatic hydroxyl groups is 1. The van der Waals surface area contributed by atoms with Crippen LogP contribution in [-0.4, -0.2) is 10.8 Å². The lowest BCUT2D eigenvalue weighted by Crippen LogP contribution is -1.97. The lowest BCUT2D eigenvalue weighted by molar-refractivity contribution is 0.465. The molecule has 0 saturated heterocycles. The number of anilines is 1. The first-order chi connectivity index (χ1) is 8.08. The number of phenols is 1. The molecule has 0 fully saturated rings. The third kappa shape index (κ3) is 3.22. The smallest absolute Gasteiger partial charge is 0.237 e. The van der Waals surface area contributed by atoms with E-state index in [0.717, 1.165) is 5.56 Å². The predicted molar refractivity (Wildman–Crippen MR) is 64.5 cm³/mol. The van der Waals surface area contributed by atoms with Gasteiger partial charge in [0.1, 0.15) is 17.9 Å². The van der Waals surface area contributed by atoms with Crippen molar-refractivity contribution in [2.45, 2.75) is 19.8 Å². The van der Waals surface area contributed by atoms with Gasteiger partial charge in [0.2, 0.25) is 5.71 Å². The van der Waals surface area contributed by atoms with Crippen molar-refractivity contribution in [1.82, 2.24) is 0 Å². The van der Waals surface area contributed by atoms with Crippen molar-refractivity contribution in [2.24, 2.45) is 5.10 Å². The van der Waals surface area contributed by atoms with E-state index in [2.05, 4.69) is 10.5 Å². The number of nitrogens with one attached hydrogen (secondary N) is 1. The van der Waals surface area contributed by atoms with Gasteiger partial charge in [-0.3, -0.25) is 5.43 Å². The molecule has 0 spiro atoms. The number of hydrazone groups is 1. The molecule has 0 aliphatic carbocycles. The fourth-order valence-electron chi connectivity index (χ4n) is 1.30. The van der Waals surface area contributed by atoms with E-state index in [-0.39, 0.29) is 17.4 Å². The number of hydrogen-bond donors (Lipinski definition) is 2. The maximum absolute atomic E-state index is 9.72. The Balaban J connectivity index is 2.90. The highest BCUT2D eigenvalue weighted by molar-refractivity contribution is 6.10. The summed E-state index contributed by atoms with van der Waals surface area (Å²) in [7, 11) is 0. The summed E-state index contributed by atoms with van der Waals surface area (Å²) in [6.07, 6.45) is 0. The molecule has 0 aliphatic heterocycles. The molecule has 0 saturated carbocycles. The van der Waals surface area contributed by atoms with Crippen molar-refractivity contribution >= 4 is 11.4 Å². The van der Waals surface area contributed by atoms with Crippen molar-refractivity contribution in [2.75, 3.05) is 5.43 Å². The van der Waals surface area contributed by atoms with E-state index in [9.17, 15) is 5.11 Å². The Hall–Kier alpha value is -2.53. The molecule has 2 N–H and O–H groups in total. The minimum Gasteiger partial charge on any atom is -0.508 e. The average molecular weight is 228 g/mol. The van der Waals surface area contributed by atoms with E-state index in [0.29, 0.717) is 5.69 Å². The molecule has 86 valence electrons. The molecule has 0 radical (unpaired) electrons. The lowest BCUT2D eigenvalue weighted by atomic mass is 10.0. The second-order valence-corrected chi connectivity index (χ2v) is 3.72. The summed E-state index contributed by atoms with van der Waals surface area (Å²) in [5.41, 5.74) is 3.63. The van der Waals surface area contributed by atoms with Gasteiger partial charge in [0, 0.05) is 6.07 Å². The number of rotatable bonds is 3. The number of nitrogens with zero attached hydrogens (tertiary/aromatic N) is 3. The Labute approximate surface area is 99.6 Å². The fraction of sp³-hybridized carbons (Fsp3) is 0.250. The van der Waals surface area contributed by atoms with Crippen LogP contribution in [0.3, 0.4) is 0 Å². The van der Waals surface area contributed by atoms with Crippen LogP contribution in [0, 0.1) is 22.7 Å². The zero-order valence-electron chi connectivity index (χ0n) is 9.60. The molecular weight excluding hydrogens is 216 g/mol. The van der Waals surface area contributed by atoms with Gasteiger partial charge in [-0.05, 0) is 17.5 Å². The minimum absolute atomic E-state index is 0.163. The second kappa shape index (κ2) is 5.53. The van der Waals surface area contributed by atoms with Crippen molar-refractivity contribution < 1.29 is 5.11 Å². The summed E-state index contributed by atoms with van der Waals surface area (Å²) in [5.74, 6) is 0.386. The van der Waals surface area contributed by atoms with Gasteiger partial charge >= 0.3 is 0 Å². The standard InChI is InChI=1S/C12H12N4O/c1-8(2)11-4-3-9(5-12(11)17)15-16-10(6-13)7-14/h3-5,8,15,17H,1-2H3. The van der Waals surface area contributed by atoms with Crippen molar-refractivity contribution in [1.29, 1.82) is 10.5 Å². The summed E-state index contributed by atoms with van der Waals surface area (Å²) in [6, 6.07) is 8.27. The van der Waals surface area contributed by atoms with Gasteiger partial charge in [-0.1, -0.05) is 19.9 Å². The highest BCUT2D eigenvalue weighted by atomic mass is 16.3. The van der Waals surface area contributed by atoms with Crippen LogP contribution in [0.5, 0.6) is 5.75 Å². The molecule has 1 rings (SSSR count). The average Bonchev–Trinajstić information content (AvgIpc) is 2.30. The van der Waals surface area contributed by atoms with Crippen LogP contribution in [0.25, 0.3) is 0 Å². The first kappa shape index (κ1) is 12.5. The van der Waals surface area contributed by atoms with Crippen LogP contribution in [-0.2, 0) is 0 Å². The van der Waals surface area contributed by atoms with Crippen LogP contribution in [0.1, 0.15) is 25.3 Å². The molecule has 0 aliphatic rings. The fourth-order valence-corrected chi connectivity index (χ4v) is 1.30. The molecule has 1 aromatic rings. The molecule has 0 amide bonds. The van der Waals surface area contributed by atoms with Crippen LogP contribution in [0.2, 0.25) is 0 Å². The lowest BCUT2D eigenvalue weighted by Gasteiger charge is -2.09. The third-order valence-electron chi connectivity index (χ3n) is 2.16. The van der Waals surface area contributed by atoms with Gasteiger partial charge in [-0.25, -0.2) is 0 Å². The molecule has 0 bridgehead atoms. The van der Waals surface area contributed by atoms with Crippen LogP contribution < -0.4 is 5.43 Å². The minimum atomic E-state index is -0.266. The summed E-state index contributed by atoms with van der Waals surface area (Å²) in [6.45, 7) is 3.95. The molecule has 1 aromatic carbocycles. The van der Waals surface area contributed by atoms with Gasteiger partial charge in [0.05, 0.1) is 5.69 Å². The molecule has 17 heavy (non-hydrogen) atoms. The maximum atomic E-state index is 9.72. The zero-order valence-corrected chi connectivity index (χ0v) is 9.60. The summed E-state index contributed by atoms with van der Waals surface area (Å²) >= 11 is 0. The number of phenolic OH excluding ortho intramolecular Hbond substituents is 1. The van der Waals surface area contributed by atoms with E-state index >= 15 is 0 Å². The Morgan fingerprint density at radius 3 is 2.47 bits per heavy atom. The molecule has 5 heteroatoms. The van der Waals surface area contributed by atoms with E-state index in [1.54, 1.807) is 24.3 Å². The van der Waals surface area contributed by atoms with Crippen LogP contribution in [0.4, 0.5) is 5.69 Å². The molecule has 0 heterocycles. The summed E-state index contributed by atoms with van der Waals surface area (Å²) in [5, 5.41) is 30.3. The molecule has 0 aromatic heterocycles. The highest BCUT2D eigenvalue weighted by Gasteiger charge is 2.06. The summed E-state index contributed by atoms with van der Waals surface area (Å²) < 4.78 is 0. The zero-order chi connectivity index (χ0) is 12.8. The molecular formula is C12H12N4O. The van der Waals surface area contributed by atoms with Gasteiger partial charge in [0.15, 0.2) is 0 Å². The van der Waals surface area contributed by atoms with Gasteiger partial charge in [-0.15, -0.1) is 0 Å². The maximum Gasteiger partial charge on any atom is 0.237 e. The van der Waals surface area contributed by atoms with Crippen molar-refractivity contribution in [3.8, 4) is 17.9 Å². The van der Waals surface area contributed by atoms with Crippen LogP contribution in [0.15, 0.2) is 23.3 Å². The Morgan fingerprint density at radius 2 is 2.00 bits per heavy atom. The Kier molecular flexibility index (Phi) is 4.08. The predicted octanol–water partition coefficient (Wildman–Crippen LogP) is 2.33. The Bertz CT molecular complexity index is 504. The van der Waals surface area contributed by atoms with E-state index in [4.69, 9.17) is 10.5 Å². The SMILES string of the molecule is CC(C)c1ccc(NN=C(C#N)C#N)cc1O. The molecule has 5 nitrogen and oxygen atoms in total. The second-order valence-electron chi connectivity index (χ2n) is 3.72. The number of nitriles is 2. The van der Waals surface area contributed by atoms with E-state index in [1.165, 1.54) is 6.07 Å². The number of hydrogen-bond acceptors (Lipinski definition) is 5. The quantitative estimate of drug-likeness (QED) is 0.613. The Morgan fingerprint density at radius 1 is 1.35 bits per heavy atom. The van der Waals surface area contributed by atoms with Gasteiger partial charge in [0.25, 0.3) is 0 Å². The summed E-state index contributed by atoms with van der Waals surface area (Å²) in [4.78, 5) is 0. The highest BCUT2D eigenvalue weighted by Crippen LogP contribution is 2.28. The van der Waals surface area contributed by atoms with Crippen molar-refractivity contribution in [3.63, 3.8) is 0 Å². The monoisotopic (exact) mass is 228 g/mol. The first-order valence-corrected chi connectivity index (χ1v) is 5.05. The number of benzene rings is 1. The van der Waals surface area contributed by atoms with Gasteiger partial charge in [-0.2, -0.15) is 15.6 Å². The first-order valence-electron chi connectivity index (χ1n) is 5.05. The van der Waals surface area contributed by atoms with Gasteiger partial charge < -0.3 is 5.11 Å². The molecule has 0 unspecified atom stereocenters. The normalized spacial score (nSPS) is 9.24. The topological polar surface area (TPSA) is 92.2 Å². The third-order valence-corrected chi connectivity index (χ3v) is 2.16. The molecule has 0 atom stereocenters. The largest absolute Gasteiger partial charge is 0.508 e. The van der Waals surface area contributed by atoms with Crippen molar-refractivity contribution in [3.05, 3.63) is 23.8 Å². The van der Waals surface area contributed by atoms with E-state index in [1.807, 2.05) is 13.8 Å². The van der Waals surface area contributed by atoms with E-state index < -0.39 is 0 Å². The van der Waals surface area contributed by atoms with Crippen LogP contribution >= 0.6 is 0 Å².